The van der Waals surface area contributed by atoms with E-state index in [2.05, 4.69) is 11.8 Å². The van der Waals surface area contributed by atoms with Crippen LogP contribution in [0.2, 0.25) is 0 Å². The maximum atomic E-state index is 9.89. The lowest BCUT2D eigenvalue weighted by atomic mass is 10.1. The average molecular weight is 265 g/mol. The third-order valence-electron chi connectivity index (χ3n) is 3.09. The van der Waals surface area contributed by atoms with Crippen LogP contribution in [0.15, 0.2) is 24.3 Å². The summed E-state index contributed by atoms with van der Waals surface area (Å²) >= 11 is 0. The molecule has 0 amide bonds. The molecule has 106 valence electrons. The van der Waals surface area contributed by atoms with Crippen LogP contribution in [0.4, 0.5) is 0 Å². The second-order valence-corrected chi connectivity index (χ2v) is 5.64. The second kappa shape index (κ2) is 5.80. The molecule has 0 saturated heterocycles. The Labute approximate surface area is 114 Å². The average Bonchev–Trinajstić information content (AvgIpc) is 2.36. The van der Waals surface area contributed by atoms with Crippen LogP contribution in [-0.4, -0.2) is 48.0 Å². The summed E-state index contributed by atoms with van der Waals surface area (Å²) < 4.78 is 11.6. The van der Waals surface area contributed by atoms with Crippen LogP contribution in [-0.2, 0) is 0 Å². The molecule has 1 aliphatic rings. The normalized spacial score (nSPS) is 18.7. The van der Waals surface area contributed by atoms with Gasteiger partial charge >= 0.3 is 0 Å². The van der Waals surface area contributed by atoms with E-state index in [9.17, 15) is 5.11 Å². The minimum Gasteiger partial charge on any atom is -0.486 e. The van der Waals surface area contributed by atoms with E-state index in [1.807, 2.05) is 38.1 Å². The molecule has 0 radical (unpaired) electrons. The summed E-state index contributed by atoms with van der Waals surface area (Å²) in [5.74, 6) is 1.61. The highest BCUT2D eigenvalue weighted by atomic mass is 16.6. The monoisotopic (exact) mass is 265 g/mol. The van der Waals surface area contributed by atoms with Gasteiger partial charge in [0.05, 0.1) is 5.60 Å². The van der Waals surface area contributed by atoms with Crippen LogP contribution in [0.25, 0.3) is 0 Å². The molecule has 0 aliphatic carbocycles. The number of likely N-dealkylation sites (N-methyl/N-ethyl adjacent to an activating group) is 1. The number of rotatable bonds is 5. The molecule has 1 N–H and O–H groups in total. The number of fused-ring (bicyclic) bond motifs is 1. The molecule has 0 bridgehead atoms. The zero-order valence-corrected chi connectivity index (χ0v) is 11.9. The molecule has 2 rings (SSSR count). The molecule has 1 atom stereocenters. The van der Waals surface area contributed by atoms with Gasteiger partial charge in [-0.2, -0.15) is 0 Å². The summed E-state index contributed by atoms with van der Waals surface area (Å²) in [6.07, 6.45) is 0.0113. The van der Waals surface area contributed by atoms with Crippen molar-refractivity contribution in [1.82, 2.24) is 4.90 Å². The predicted molar refractivity (Wildman–Crippen MR) is 74.8 cm³/mol. The van der Waals surface area contributed by atoms with Gasteiger partial charge in [-0.3, -0.25) is 4.90 Å². The highest BCUT2D eigenvalue weighted by Gasteiger charge is 2.25. The number of benzene rings is 1. The Bertz CT molecular complexity index is 414. The van der Waals surface area contributed by atoms with Crippen LogP contribution in [0.5, 0.6) is 11.5 Å². The van der Waals surface area contributed by atoms with Gasteiger partial charge < -0.3 is 14.6 Å². The maximum absolute atomic E-state index is 9.89. The molecular weight excluding hydrogens is 242 g/mol. The number of aliphatic hydroxyl groups is 1. The van der Waals surface area contributed by atoms with Crippen molar-refractivity contribution in [3.63, 3.8) is 0 Å². The predicted octanol–water partition coefficient (Wildman–Crippen LogP) is 1.92. The first-order chi connectivity index (χ1) is 8.98. The van der Waals surface area contributed by atoms with Gasteiger partial charge in [0.2, 0.25) is 0 Å². The first-order valence-electron chi connectivity index (χ1n) is 6.81. The fraction of sp³-hybridized carbons (Fsp3) is 0.600. The Morgan fingerprint density at radius 3 is 2.63 bits per heavy atom. The quantitative estimate of drug-likeness (QED) is 0.883. The van der Waals surface area contributed by atoms with Crippen LogP contribution in [0.1, 0.15) is 20.8 Å². The lowest BCUT2D eigenvalue weighted by Gasteiger charge is -2.33. The standard InChI is InChI=1S/C15H23NO3/c1-4-16(11-15(2,3)17)9-12-10-18-13-7-5-6-8-14(13)19-12/h5-8,12,17H,4,9-11H2,1-3H3. The first-order valence-corrected chi connectivity index (χ1v) is 6.81. The van der Waals surface area contributed by atoms with E-state index in [1.165, 1.54) is 0 Å². The second-order valence-electron chi connectivity index (χ2n) is 5.64. The van der Waals surface area contributed by atoms with Crippen molar-refractivity contribution in [3.8, 4) is 11.5 Å². The Kier molecular flexibility index (Phi) is 4.32. The maximum Gasteiger partial charge on any atom is 0.161 e. The summed E-state index contributed by atoms with van der Waals surface area (Å²) in [6, 6.07) is 7.72. The highest BCUT2D eigenvalue weighted by Crippen LogP contribution is 2.31. The van der Waals surface area contributed by atoms with Crippen LogP contribution in [0, 0.1) is 0 Å². The summed E-state index contributed by atoms with van der Waals surface area (Å²) in [4.78, 5) is 2.18. The van der Waals surface area contributed by atoms with Gasteiger partial charge in [-0.05, 0) is 32.5 Å². The van der Waals surface area contributed by atoms with Crippen LogP contribution in [0.3, 0.4) is 0 Å². The smallest absolute Gasteiger partial charge is 0.161 e. The van der Waals surface area contributed by atoms with E-state index in [0.717, 1.165) is 24.6 Å². The summed E-state index contributed by atoms with van der Waals surface area (Å²) in [6.45, 7) is 8.56. The summed E-state index contributed by atoms with van der Waals surface area (Å²) in [5, 5.41) is 9.89. The van der Waals surface area contributed by atoms with Gasteiger partial charge in [0.1, 0.15) is 12.7 Å². The van der Waals surface area contributed by atoms with Gasteiger partial charge in [-0.25, -0.2) is 0 Å². The topological polar surface area (TPSA) is 41.9 Å². The van der Waals surface area contributed by atoms with E-state index >= 15 is 0 Å². The van der Waals surface area contributed by atoms with Crippen molar-refractivity contribution >= 4 is 0 Å². The molecule has 4 nitrogen and oxygen atoms in total. The molecule has 0 saturated carbocycles. The van der Waals surface area contributed by atoms with E-state index in [0.29, 0.717) is 13.2 Å². The Morgan fingerprint density at radius 2 is 2.00 bits per heavy atom. The largest absolute Gasteiger partial charge is 0.486 e. The molecule has 0 aromatic heterocycles. The number of para-hydroxylation sites is 2. The minimum absolute atomic E-state index is 0.0113. The van der Waals surface area contributed by atoms with Gasteiger partial charge in [0, 0.05) is 13.1 Å². The highest BCUT2D eigenvalue weighted by molar-refractivity contribution is 5.40. The van der Waals surface area contributed by atoms with Crippen molar-refractivity contribution in [2.75, 3.05) is 26.2 Å². The third kappa shape index (κ3) is 4.11. The lowest BCUT2D eigenvalue weighted by Crippen LogP contribution is -2.46. The Morgan fingerprint density at radius 1 is 1.32 bits per heavy atom. The molecular formula is C15H23NO3. The van der Waals surface area contributed by atoms with E-state index < -0.39 is 5.60 Å². The van der Waals surface area contributed by atoms with Gasteiger partial charge in [-0.1, -0.05) is 19.1 Å². The third-order valence-corrected chi connectivity index (χ3v) is 3.09. The van der Waals surface area contributed by atoms with E-state index in [4.69, 9.17) is 9.47 Å². The SMILES string of the molecule is CCN(CC1COc2ccccc2O1)CC(C)(C)O. The van der Waals surface area contributed by atoms with Crippen molar-refractivity contribution < 1.29 is 14.6 Å². The zero-order valence-electron chi connectivity index (χ0n) is 11.9. The van der Waals surface area contributed by atoms with Gasteiger partial charge in [-0.15, -0.1) is 0 Å². The molecule has 1 heterocycles. The van der Waals surface area contributed by atoms with Crippen molar-refractivity contribution in [3.05, 3.63) is 24.3 Å². The number of hydrogen-bond donors (Lipinski definition) is 1. The van der Waals surface area contributed by atoms with Gasteiger partial charge in [0.15, 0.2) is 11.5 Å². The summed E-state index contributed by atoms with van der Waals surface area (Å²) in [7, 11) is 0. The molecule has 4 heteroatoms. The first kappa shape index (κ1) is 14.2. The van der Waals surface area contributed by atoms with Crippen molar-refractivity contribution in [2.45, 2.75) is 32.5 Å². The molecule has 1 aromatic carbocycles. The number of ether oxygens (including phenoxy) is 2. The molecule has 1 aromatic rings. The summed E-state index contributed by atoms with van der Waals surface area (Å²) in [5.41, 5.74) is -0.691. The molecule has 1 unspecified atom stereocenters. The van der Waals surface area contributed by atoms with Gasteiger partial charge in [0.25, 0.3) is 0 Å². The minimum atomic E-state index is -0.691. The fourth-order valence-corrected chi connectivity index (χ4v) is 2.29. The number of hydrogen-bond acceptors (Lipinski definition) is 4. The number of nitrogens with zero attached hydrogens (tertiary/aromatic N) is 1. The Hall–Kier alpha value is -1.26. The molecule has 1 aliphatic heterocycles. The lowest BCUT2D eigenvalue weighted by molar-refractivity contribution is 0.00987. The molecule has 19 heavy (non-hydrogen) atoms. The fourth-order valence-electron chi connectivity index (χ4n) is 2.29. The van der Waals surface area contributed by atoms with Crippen LogP contribution >= 0.6 is 0 Å². The molecule has 0 spiro atoms. The van der Waals surface area contributed by atoms with E-state index in [1.54, 1.807) is 0 Å². The molecule has 0 fully saturated rings. The van der Waals surface area contributed by atoms with Crippen LogP contribution < -0.4 is 9.47 Å². The van der Waals surface area contributed by atoms with Crippen molar-refractivity contribution in [1.29, 1.82) is 0 Å². The zero-order chi connectivity index (χ0) is 13.9. The van der Waals surface area contributed by atoms with Crippen molar-refractivity contribution in [2.24, 2.45) is 0 Å². The Balaban J connectivity index is 1.94. The van der Waals surface area contributed by atoms with E-state index in [-0.39, 0.29) is 6.10 Å².